The Labute approximate surface area is 111 Å². The van der Waals surface area contributed by atoms with Gasteiger partial charge in [-0.05, 0) is 13.1 Å². The molecule has 110 valence electrons. The average molecular weight is 278 g/mol. The molecule has 0 saturated carbocycles. The minimum atomic E-state index is -4.10. The van der Waals surface area contributed by atoms with E-state index in [1.54, 1.807) is 24.3 Å². The van der Waals surface area contributed by atoms with E-state index in [9.17, 15) is 13.2 Å². The molecule has 1 N–H and O–H groups in total. The lowest BCUT2D eigenvalue weighted by Crippen LogP contribution is -2.25. The van der Waals surface area contributed by atoms with E-state index in [-0.39, 0.29) is 6.54 Å². The van der Waals surface area contributed by atoms with Gasteiger partial charge in [-0.15, -0.1) is 0 Å². The van der Waals surface area contributed by atoms with Crippen molar-refractivity contribution in [2.45, 2.75) is 45.6 Å². The Hall–Kier alpha value is -1.01. The third-order valence-corrected chi connectivity index (χ3v) is 2.73. The Bertz CT molecular complexity index is 374. The van der Waals surface area contributed by atoms with Crippen molar-refractivity contribution in [3.63, 3.8) is 0 Å². The molecule has 0 radical (unpaired) electrons. The van der Waals surface area contributed by atoms with Gasteiger partial charge in [-0.1, -0.05) is 13.8 Å². The van der Waals surface area contributed by atoms with Gasteiger partial charge in [0.25, 0.3) is 0 Å². The van der Waals surface area contributed by atoms with Gasteiger partial charge in [-0.3, -0.25) is 0 Å². The number of alkyl halides is 3. The molecule has 0 fully saturated rings. The first kappa shape index (κ1) is 16.0. The number of hydrogen-bond acceptors (Lipinski definition) is 3. The molecule has 6 heteroatoms. The second-order valence-corrected chi connectivity index (χ2v) is 5.01. The normalized spacial score (nSPS) is 12.6. The van der Waals surface area contributed by atoms with Crippen molar-refractivity contribution in [1.82, 2.24) is 10.2 Å². The monoisotopic (exact) mass is 278 g/mol. The van der Waals surface area contributed by atoms with E-state index in [1.807, 2.05) is 13.8 Å². The van der Waals surface area contributed by atoms with Gasteiger partial charge in [0.15, 0.2) is 0 Å². The van der Waals surface area contributed by atoms with E-state index in [2.05, 4.69) is 5.32 Å². The van der Waals surface area contributed by atoms with Crippen molar-refractivity contribution in [2.24, 2.45) is 0 Å². The van der Waals surface area contributed by atoms with Gasteiger partial charge in [0.1, 0.15) is 5.76 Å². The number of hydrogen-bond donors (Lipinski definition) is 1. The SMILES string of the molecule is CC(C)NCc1occc1CN(C)CCC(F)(F)F. The van der Waals surface area contributed by atoms with Crippen LogP contribution in [0.5, 0.6) is 0 Å². The highest BCUT2D eigenvalue weighted by Crippen LogP contribution is 2.20. The van der Waals surface area contributed by atoms with Crippen LogP contribution in [0.1, 0.15) is 31.6 Å². The lowest BCUT2D eigenvalue weighted by Gasteiger charge is -2.17. The minimum absolute atomic E-state index is 0.00821. The van der Waals surface area contributed by atoms with Gasteiger partial charge in [-0.25, -0.2) is 0 Å². The summed E-state index contributed by atoms with van der Waals surface area (Å²) in [5, 5.41) is 3.23. The van der Waals surface area contributed by atoms with Gasteiger partial charge in [0, 0.05) is 24.7 Å². The van der Waals surface area contributed by atoms with Crippen LogP contribution < -0.4 is 5.32 Å². The first-order valence-corrected chi connectivity index (χ1v) is 6.32. The summed E-state index contributed by atoms with van der Waals surface area (Å²) in [5.41, 5.74) is 0.929. The van der Waals surface area contributed by atoms with Gasteiger partial charge in [0.2, 0.25) is 0 Å². The molecule has 19 heavy (non-hydrogen) atoms. The average Bonchev–Trinajstić information content (AvgIpc) is 2.70. The van der Waals surface area contributed by atoms with Crippen molar-refractivity contribution in [3.05, 3.63) is 23.7 Å². The molecule has 0 amide bonds. The molecule has 0 spiro atoms. The largest absolute Gasteiger partial charge is 0.468 e. The van der Waals surface area contributed by atoms with Crippen LogP contribution in [0.4, 0.5) is 13.2 Å². The molecule has 0 bridgehead atoms. The van der Waals surface area contributed by atoms with Crippen LogP contribution in [-0.2, 0) is 13.1 Å². The summed E-state index contributed by atoms with van der Waals surface area (Å²) in [6.45, 7) is 5.09. The van der Waals surface area contributed by atoms with E-state index in [0.29, 0.717) is 19.1 Å². The van der Waals surface area contributed by atoms with Crippen LogP contribution in [0.25, 0.3) is 0 Å². The molecule has 0 aliphatic heterocycles. The first-order chi connectivity index (χ1) is 8.78. The maximum absolute atomic E-state index is 12.1. The van der Waals surface area contributed by atoms with Crippen LogP contribution in [0.2, 0.25) is 0 Å². The smallest absolute Gasteiger partial charge is 0.390 e. The maximum atomic E-state index is 12.1. The molecule has 1 aromatic rings. The van der Waals surface area contributed by atoms with Crippen molar-refractivity contribution < 1.29 is 17.6 Å². The third-order valence-electron chi connectivity index (χ3n) is 2.73. The predicted molar refractivity (Wildman–Crippen MR) is 67.7 cm³/mol. The van der Waals surface area contributed by atoms with E-state index < -0.39 is 12.6 Å². The standard InChI is InChI=1S/C13H21F3N2O/c1-10(2)17-8-12-11(4-7-19-12)9-18(3)6-5-13(14,15)16/h4,7,10,17H,5-6,8-9H2,1-3H3. The molecule has 0 unspecified atom stereocenters. The zero-order valence-electron chi connectivity index (χ0n) is 11.5. The van der Waals surface area contributed by atoms with E-state index in [0.717, 1.165) is 11.3 Å². The number of rotatable bonds is 7. The molecule has 1 rings (SSSR count). The Kier molecular flexibility index (Phi) is 5.87. The summed E-state index contributed by atoms with van der Waals surface area (Å²) in [4.78, 5) is 1.65. The molecular weight excluding hydrogens is 257 g/mol. The Morgan fingerprint density at radius 1 is 1.37 bits per heavy atom. The van der Waals surface area contributed by atoms with Crippen LogP contribution in [-0.4, -0.2) is 30.7 Å². The summed E-state index contributed by atoms with van der Waals surface area (Å²) < 4.78 is 41.7. The maximum Gasteiger partial charge on any atom is 0.390 e. The summed E-state index contributed by atoms with van der Waals surface area (Å²) >= 11 is 0. The second kappa shape index (κ2) is 6.96. The Morgan fingerprint density at radius 2 is 2.05 bits per heavy atom. The molecule has 1 heterocycles. The molecule has 3 nitrogen and oxygen atoms in total. The van der Waals surface area contributed by atoms with Gasteiger partial charge < -0.3 is 14.6 Å². The molecule has 1 aromatic heterocycles. The zero-order valence-corrected chi connectivity index (χ0v) is 11.5. The van der Waals surface area contributed by atoms with Crippen molar-refractivity contribution >= 4 is 0 Å². The lowest BCUT2D eigenvalue weighted by molar-refractivity contribution is -0.137. The number of halogens is 3. The number of furan rings is 1. The molecule has 0 aliphatic carbocycles. The van der Waals surface area contributed by atoms with Gasteiger partial charge >= 0.3 is 6.18 Å². The predicted octanol–water partition coefficient (Wildman–Crippen LogP) is 3.16. The molecule has 0 aliphatic rings. The van der Waals surface area contributed by atoms with Gasteiger partial charge in [-0.2, -0.15) is 13.2 Å². The van der Waals surface area contributed by atoms with Crippen LogP contribution in [0.15, 0.2) is 16.7 Å². The highest BCUT2D eigenvalue weighted by molar-refractivity contribution is 5.16. The molecule has 0 saturated heterocycles. The number of nitrogens with zero attached hydrogens (tertiary/aromatic N) is 1. The fourth-order valence-corrected chi connectivity index (χ4v) is 1.65. The highest BCUT2D eigenvalue weighted by Gasteiger charge is 2.27. The van der Waals surface area contributed by atoms with Crippen LogP contribution >= 0.6 is 0 Å². The van der Waals surface area contributed by atoms with Crippen LogP contribution in [0, 0.1) is 0 Å². The van der Waals surface area contributed by atoms with Crippen molar-refractivity contribution in [1.29, 1.82) is 0 Å². The highest BCUT2D eigenvalue weighted by atomic mass is 19.4. The first-order valence-electron chi connectivity index (χ1n) is 6.32. The summed E-state index contributed by atoms with van der Waals surface area (Å²) in [7, 11) is 1.68. The third kappa shape index (κ3) is 6.63. The minimum Gasteiger partial charge on any atom is -0.468 e. The zero-order chi connectivity index (χ0) is 14.5. The van der Waals surface area contributed by atoms with Gasteiger partial charge in [0.05, 0.1) is 19.2 Å². The van der Waals surface area contributed by atoms with E-state index in [1.165, 1.54) is 0 Å². The second-order valence-electron chi connectivity index (χ2n) is 5.01. The topological polar surface area (TPSA) is 28.4 Å². The molecule has 0 atom stereocenters. The fraction of sp³-hybridized carbons (Fsp3) is 0.692. The quantitative estimate of drug-likeness (QED) is 0.830. The Morgan fingerprint density at radius 3 is 2.63 bits per heavy atom. The number of nitrogens with one attached hydrogen (secondary N) is 1. The summed E-state index contributed by atoms with van der Waals surface area (Å²) in [5.74, 6) is 0.785. The molecular formula is C13H21F3N2O. The Balaban J connectivity index is 2.45. The van der Waals surface area contributed by atoms with Crippen molar-refractivity contribution in [3.8, 4) is 0 Å². The van der Waals surface area contributed by atoms with E-state index >= 15 is 0 Å². The van der Waals surface area contributed by atoms with Crippen molar-refractivity contribution in [2.75, 3.05) is 13.6 Å². The fourth-order valence-electron chi connectivity index (χ4n) is 1.65. The van der Waals surface area contributed by atoms with E-state index in [4.69, 9.17) is 4.42 Å². The van der Waals surface area contributed by atoms with Crippen LogP contribution in [0.3, 0.4) is 0 Å². The lowest BCUT2D eigenvalue weighted by atomic mass is 10.2. The summed E-state index contributed by atoms with van der Waals surface area (Å²) in [6, 6.07) is 2.14. The summed E-state index contributed by atoms with van der Waals surface area (Å²) in [6.07, 6.45) is -3.32. The molecule has 0 aromatic carbocycles.